The number of rotatable bonds is 6. The minimum absolute atomic E-state index is 0.0743. The molecular weight excluding hydrogens is 527 g/mol. The van der Waals surface area contributed by atoms with E-state index in [-0.39, 0.29) is 42.1 Å². The number of para-hydroxylation sites is 1. The number of aromatic nitrogens is 3. The van der Waals surface area contributed by atoms with Crippen molar-refractivity contribution in [3.63, 3.8) is 0 Å². The lowest BCUT2D eigenvalue weighted by Crippen LogP contribution is -2.41. The van der Waals surface area contributed by atoms with Gasteiger partial charge in [0.05, 0.1) is 17.0 Å². The predicted molar refractivity (Wildman–Crippen MR) is 129 cm³/mol. The molecule has 0 unspecified atom stereocenters. The van der Waals surface area contributed by atoms with Crippen LogP contribution in [-0.4, -0.2) is 51.4 Å². The molecule has 0 aliphatic carbocycles. The number of urea groups is 1. The van der Waals surface area contributed by atoms with Crippen molar-refractivity contribution < 1.29 is 36.3 Å². The number of ether oxygens (including phenoxy) is 1. The fraction of sp³-hybridized carbons (Fsp3) is 0.320. The van der Waals surface area contributed by atoms with E-state index >= 15 is 0 Å². The smallest absolute Gasteiger partial charge is 0.433 e. The second-order valence-corrected chi connectivity index (χ2v) is 8.79. The van der Waals surface area contributed by atoms with Crippen LogP contribution in [0.4, 0.5) is 38.4 Å². The third-order valence-electron chi connectivity index (χ3n) is 6.14. The Kier molecular flexibility index (Phi) is 7.93. The standard InChI is InChI=1S/C25H23F5N6O3/c1-13-20(17(37)12-39-19-7-3-6-18(33-19)25(28,29)30)21(34-23(31)32-13)14-8-10-36(11-9-14)24(38)35-22-15(26)4-2-5-16(22)27/h2-7,14H,8-12H2,1H3,(H,35,38)(H2,31,32,34). The summed E-state index contributed by atoms with van der Waals surface area (Å²) in [4.78, 5) is 38.7. The lowest BCUT2D eigenvalue weighted by Gasteiger charge is -2.32. The lowest BCUT2D eigenvalue weighted by molar-refractivity contribution is -0.141. The molecule has 1 saturated heterocycles. The molecule has 39 heavy (non-hydrogen) atoms. The summed E-state index contributed by atoms with van der Waals surface area (Å²) in [6.45, 7) is 1.30. The van der Waals surface area contributed by atoms with Crippen LogP contribution in [0.25, 0.3) is 0 Å². The maximum atomic E-state index is 13.9. The van der Waals surface area contributed by atoms with Crippen LogP contribution in [0.15, 0.2) is 36.4 Å². The number of nitrogens with one attached hydrogen (secondary N) is 1. The van der Waals surface area contributed by atoms with Crippen LogP contribution in [0.5, 0.6) is 5.88 Å². The number of aryl methyl sites for hydroxylation is 1. The highest BCUT2D eigenvalue weighted by atomic mass is 19.4. The lowest BCUT2D eigenvalue weighted by atomic mass is 9.89. The summed E-state index contributed by atoms with van der Waals surface area (Å²) in [6, 6.07) is 5.64. The molecule has 0 atom stereocenters. The number of likely N-dealkylation sites (tertiary alicyclic amines) is 1. The van der Waals surface area contributed by atoms with E-state index in [1.165, 1.54) is 17.0 Å². The Morgan fingerprint density at radius 1 is 1.05 bits per heavy atom. The van der Waals surface area contributed by atoms with Gasteiger partial charge in [0, 0.05) is 25.1 Å². The van der Waals surface area contributed by atoms with Crippen LogP contribution in [0, 0.1) is 18.6 Å². The van der Waals surface area contributed by atoms with Crippen LogP contribution in [-0.2, 0) is 6.18 Å². The second kappa shape index (κ2) is 11.2. The van der Waals surface area contributed by atoms with Gasteiger partial charge in [0.25, 0.3) is 0 Å². The SMILES string of the molecule is Cc1nc(N)nc(C2CCN(C(=O)Nc3c(F)cccc3F)CC2)c1C(=O)COc1cccc(C(F)(F)F)n1. The summed E-state index contributed by atoms with van der Waals surface area (Å²) in [5.41, 5.74) is 4.82. The Morgan fingerprint density at radius 3 is 2.33 bits per heavy atom. The molecule has 9 nitrogen and oxygen atoms in total. The Hall–Kier alpha value is -4.36. The molecule has 14 heteroatoms. The Labute approximate surface area is 219 Å². The van der Waals surface area contributed by atoms with Crippen molar-refractivity contribution in [2.24, 2.45) is 0 Å². The van der Waals surface area contributed by atoms with Gasteiger partial charge in [0.15, 0.2) is 6.61 Å². The quantitative estimate of drug-likeness (QED) is 0.336. The first-order valence-corrected chi connectivity index (χ1v) is 11.8. The highest BCUT2D eigenvalue weighted by Gasteiger charge is 2.33. The van der Waals surface area contributed by atoms with E-state index in [1.54, 1.807) is 6.92 Å². The van der Waals surface area contributed by atoms with E-state index in [1.807, 2.05) is 0 Å². The number of ketones is 1. The van der Waals surface area contributed by atoms with Gasteiger partial charge < -0.3 is 20.7 Å². The number of carbonyl (C=O) groups is 2. The molecule has 206 valence electrons. The molecule has 1 aromatic carbocycles. The number of anilines is 2. The molecule has 2 amide bonds. The average Bonchev–Trinajstić information content (AvgIpc) is 2.88. The molecule has 1 aliphatic rings. The molecule has 4 rings (SSSR count). The van der Waals surface area contributed by atoms with Crippen LogP contribution < -0.4 is 15.8 Å². The number of alkyl halides is 3. The fourth-order valence-electron chi connectivity index (χ4n) is 4.28. The van der Waals surface area contributed by atoms with Crippen LogP contribution >= 0.6 is 0 Å². The van der Waals surface area contributed by atoms with E-state index in [4.69, 9.17) is 10.5 Å². The highest BCUT2D eigenvalue weighted by molar-refractivity contribution is 5.99. The first-order valence-electron chi connectivity index (χ1n) is 11.8. The summed E-state index contributed by atoms with van der Waals surface area (Å²) < 4.78 is 71.8. The summed E-state index contributed by atoms with van der Waals surface area (Å²) in [6.07, 6.45) is -3.98. The molecule has 0 bridgehead atoms. The number of Topliss-reactive ketones (excluding diaryl/α,β-unsaturated/α-hetero) is 1. The first kappa shape index (κ1) is 27.7. The van der Waals surface area contributed by atoms with Crippen LogP contribution in [0.1, 0.15) is 46.2 Å². The minimum atomic E-state index is -4.67. The number of hydrogen-bond donors (Lipinski definition) is 2. The number of hydrogen-bond acceptors (Lipinski definition) is 7. The van der Waals surface area contributed by atoms with E-state index < -0.39 is 47.6 Å². The summed E-state index contributed by atoms with van der Waals surface area (Å²) in [7, 11) is 0. The van der Waals surface area contributed by atoms with Crippen LogP contribution in [0.3, 0.4) is 0 Å². The fourth-order valence-corrected chi connectivity index (χ4v) is 4.28. The Balaban J connectivity index is 1.45. The molecule has 2 aromatic heterocycles. The van der Waals surface area contributed by atoms with Crippen molar-refractivity contribution in [3.05, 3.63) is 70.7 Å². The number of piperidine rings is 1. The van der Waals surface area contributed by atoms with Gasteiger partial charge in [-0.1, -0.05) is 12.1 Å². The number of nitrogens with zero attached hydrogens (tertiary/aromatic N) is 4. The number of nitrogens with two attached hydrogens (primary N) is 1. The van der Waals surface area contributed by atoms with Gasteiger partial charge >= 0.3 is 12.2 Å². The summed E-state index contributed by atoms with van der Waals surface area (Å²) in [5, 5.41) is 2.24. The molecule has 0 spiro atoms. The Morgan fingerprint density at radius 2 is 1.69 bits per heavy atom. The van der Waals surface area contributed by atoms with E-state index in [2.05, 4.69) is 20.3 Å². The topological polar surface area (TPSA) is 123 Å². The molecular formula is C25H23F5N6O3. The normalized spacial score (nSPS) is 14.3. The van der Waals surface area contributed by atoms with Gasteiger partial charge in [-0.15, -0.1) is 0 Å². The Bertz CT molecular complexity index is 1370. The van der Waals surface area contributed by atoms with Crippen molar-refractivity contribution in [2.75, 3.05) is 30.7 Å². The monoisotopic (exact) mass is 550 g/mol. The summed E-state index contributed by atoms with van der Waals surface area (Å²) in [5.74, 6) is -3.17. The zero-order valence-corrected chi connectivity index (χ0v) is 20.6. The highest BCUT2D eigenvalue weighted by Crippen LogP contribution is 2.32. The third kappa shape index (κ3) is 6.38. The van der Waals surface area contributed by atoms with Gasteiger partial charge in [0.1, 0.15) is 23.0 Å². The molecule has 3 heterocycles. The van der Waals surface area contributed by atoms with E-state index in [0.717, 1.165) is 24.3 Å². The number of amides is 2. The van der Waals surface area contributed by atoms with E-state index in [0.29, 0.717) is 18.5 Å². The van der Waals surface area contributed by atoms with Gasteiger partial charge in [-0.05, 0) is 38.0 Å². The van der Waals surface area contributed by atoms with Crippen molar-refractivity contribution in [1.29, 1.82) is 0 Å². The maximum absolute atomic E-state index is 13.9. The second-order valence-electron chi connectivity index (χ2n) is 8.79. The maximum Gasteiger partial charge on any atom is 0.433 e. The largest absolute Gasteiger partial charge is 0.469 e. The van der Waals surface area contributed by atoms with Gasteiger partial charge in [0.2, 0.25) is 17.6 Å². The van der Waals surface area contributed by atoms with Gasteiger partial charge in [-0.3, -0.25) is 4.79 Å². The molecule has 1 aliphatic heterocycles. The van der Waals surface area contributed by atoms with Crippen molar-refractivity contribution in [3.8, 4) is 5.88 Å². The zero-order chi connectivity index (χ0) is 28.3. The average molecular weight is 550 g/mol. The number of halogens is 5. The summed E-state index contributed by atoms with van der Waals surface area (Å²) >= 11 is 0. The number of nitrogen functional groups attached to an aromatic ring is 1. The zero-order valence-electron chi connectivity index (χ0n) is 20.6. The van der Waals surface area contributed by atoms with E-state index in [9.17, 15) is 31.5 Å². The van der Waals surface area contributed by atoms with Crippen LogP contribution in [0.2, 0.25) is 0 Å². The van der Waals surface area contributed by atoms with Gasteiger partial charge in [-0.25, -0.2) is 28.5 Å². The molecule has 3 N–H and O–H groups in total. The molecule has 3 aromatic rings. The molecule has 1 fully saturated rings. The third-order valence-corrected chi connectivity index (χ3v) is 6.14. The van der Waals surface area contributed by atoms with Crippen molar-refractivity contribution in [1.82, 2.24) is 19.9 Å². The number of benzene rings is 1. The molecule has 0 saturated carbocycles. The first-order chi connectivity index (χ1) is 18.4. The predicted octanol–water partition coefficient (Wildman–Crippen LogP) is 4.73. The van der Waals surface area contributed by atoms with Gasteiger partial charge in [-0.2, -0.15) is 13.2 Å². The minimum Gasteiger partial charge on any atom is -0.469 e. The number of pyridine rings is 1. The molecule has 0 radical (unpaired) electrons. The van der Waals surface area contributed by atoms with Crippen molar-refractivity contribution in [2.45, 2.75) is 31.9 Å². The van der Waals surface area contributed by atoms with Crippen molar-refractivity contribution >= 4 is 23.5 Å². The number of carbonyl (C=O) groups excluding carboxylic acids is 2.